The maximum atomic E-state index is 3.56. The molecule has 0 aliphatic carbocycles. The van der Waals surface area contributed by atoms with Crippen molar-refractivity contribution in [2.45, 2.75) is 25.8 Å². The molecule has 21 heavy (non-hydrogen) atoms. The van der Waals surface area contributed by atoms with E-state index in [0.29, 0.717) is 6.04 Å². The van der Waals surface area contributed by atoms with Crippen molar-refractivity contribution < 1.29 is 0 Å². The second-order valence-electron chi connectivity index (χ2n) is 5.78. The Labute approximate surface area is 138 Å². The molecule has 120 valence electrons. The van der Waals surface area contributed by atoms with E-state index in [1.165, 1.54) is 18.5 Å². The zero-order valence-corrected chi connectivity index (χ0v) is 15.5. The van der Waals surface area contributed by atoms with E-state index in [1.54, 1.807) is 0 Å². The van der Waals surface area contributed by atoms with Gasteiger partial charge in [-0.05, 0) is 77.9 Å². The van der Waals surface area contributed by atoms with Crippen LogP contribution in [0.2, 0.25) is 0 Å². The Bertz CT molecular complexity index is 395. The molecule has 1 rings (SSSR count). The summed E-state index contributed by atoms with van der Waals surface area (Å²) in [6.45, 7) is 6.87. The summed E-state index contributed by atoms with van der Waals surface area (Å²) in [5, 5.41) is 3.44. The molecule has 1 unspecified atom stereocenters. The van der Waals surface area contributed by atoms with Gasteiger partial charge >= 0.3 is 0 Å². The van der Waals surface area contributed by atoms with Crippen LogP contribution in [0.15, 0.2) is 28.7 Å². The van der Waals surface area contributed by atoms with Gasteiger partial charge in [-0.15, -0.1) is 0 Å². The number of rotatable bonds is 10. The average Bonchev–Trinajstić information content (AvgIpc) is 2.45. The average molecular weight is 356 g/mol. The van der Waals surface area contributed by atoms with E-state index < -0.39 is 0 Å². The fraction of sp³-hybridized carbons (Fsp3) is 0.647. The van der Waals surface area contributed by atoms with Crippen LogP contribution in [0.25, 0.3) is 0 Å². The fourth-order valence-electron chi connectivity index (χ4n) is 2.55. The monoisotopic (exact) mass is 355 g/mol. The third-order valence-corrected chi connectivity index (χ3v) is 4.35. The molecule has 0 radical (unpaired) electrons. The molecule has 1 aromatic rings. The van der Waals surface area contributed by atoms with E-state index in [4.69, 9.17) is 0 Å². The van der Waals surface area contributed by atoms with Crippen molar-refractivity contribution in [1.82, 2.24) is 15.1 Å². The van der Waals surface area contributed by atoms with E-state index in [0.717, 1.165) is 30.5 Å². The van der Waals surface area contributed by atoms with Crippen LogP contribution in [0.1, 0.15) is 31.4 Å². The molecule has 0 bridgehead atoms. The molecule has 4 heteroatoms. The lowest BCUT2D eigenvalue weighted by Crippen LogP contribution is -2.30. The van der Waals surface area contributed by atoms with Crippen LogP contribution in [0, 0.1) is 0 Å². The Morgan fingerprint density at radius 1 is 1.19 bits per heavy atom. The second-order valence-corrected chi connectivity index (χ2v) is 6.69. The minimum atomic E-state index is 0.422. The molecule has 0 saturated heterocycles. The van der Waals surface area contributed by atoms with Crippen molar-refractivity contribution in [3.63, 3.8) is 0 Å². The molecule has 0 fully saturated rings. The van der Waals surface area contributed by atoms with Gasteiger partial charge in [0.2, 0.25) is 0 Å². The predicted molar refractivity (Wildman–Crippen MR) is 95.8 cm³/mol. The van der Waals surface area contributed by atoms with Gasteiger partial charge in [-0.2, -0.15) is 0 Å². The first-order valence-electron chi connectivity index (χ1n) is 7.86. The Hall–Kier alpha value is -0.420. The van der Waals surface area contributed by atoms with Crippen molar-refractivity contribution in [2.75, 3.05) is 47.3 Å². The van der Waals surface area contributed by atoms with E-state index in [1.807, 2.05) is 7.05 Å². The highest BCUT2D eigenvalue weighted by Gasteiger charge is 2.11. The standard InChI is InChI=1S/C17H30BrN3/c1-5-21(12-7-11-20(3)4)13-10-17(19-2)15-8-6-9-16(18)14-15/h6,8-9,14,17,19H,5,7,10-13H2,1-4H3. The summed E-state index contributed by atoms with van der Waals surface area (Å²) in [4.78, 5) is 4.80. The second kappa shape index (κ2) is 10.3. The molecule has 0 saturated carbocycles. The molecular formula is C17H30BrN3. The van der Waals surface area contributed by atoms with Gasteiger partial charge in [0, 0.05) is 10.5 Å². The van der Waals surface area contributed by atoms with Crippen molar-refractivity contribution in [1.29, 1.82) is 0 Å². The van der Waals surface area contributed by atoms with Crippen LogP contribution in [0.5, 0.6) is 0 Å². The van der Waals surface area contributed by atoms with Crippen LogP contribution in [0.3, 0.4) is 0 Å². The van der Waals surface area contributed by atoms with Crippen molar-refractivity contribution >= 4 is 15.9 Å². The van der Waals surface area contributed by atoms with Crippen LogP contribution in [-0.4, -0.2) is 57.1 Å². The van der Waals surface area contributed by atoms with E-state index >= 15 is 0 Å². The summed E-state index contributed by atoms with van der Waals surface area (Å²) < 4.78 is 1.15. The van der Waals surface area contributed by atoms with Crippen LogP contribution in [-0.2, 0) is 0 Å². The van der Waals surface area contributed by atoms with Gasteiger partial charge in [0.05, 0.1) is 0 Å². The SMILES string of the molecule is CCN(CCCN(C)C)CCC(NC)c1cccc(Br)c1. The zero-order chi connectivity index (χ0) is 15.7. The van der Waals surface area contributed by atoms with Crippen LogP contribution in [0.4, 0.5) is 0 Å². The normalized spacial score (nSPS) is 13.1. The van der Waals surface area contributed by atoms with Gasteiger partial charge in [-0.25, -0.2) is 0 Å². The molecule has 0 aliphatic heterocycles. The minimum Gasteiger partial charge on any atom is -0.313 e. The van der Waals surface area contributed by atoms with E-state index in [-0.39, 0.29) is 0 Å². The summed E-state index contributed by atoms with van der Waals surface area (Å²) in [6.07, 6.45) is 2.38. The molecular weight excluding hydrogens is 326 g/mol. The molecule has 1 atom stereocenters. The third kappa shape index (κ3) is 7.41. The zero-order valence-electron chi connectivity index (χ0n) is 13.9. The smallest absolute Gasteiger partial charge is 0.0330 e. The van der Waals surface area contributed by atoms with Gasteiger partial charge < -0.3 is 15.1 Å². The first-order valence-corrected chi connectivity index (χ1v) is 8.66. The first-order chi connectivity index (χ1) is 10.1. The first kappa shape index (κ1) is 18.6. The lowest BCUT2D eigenvalue weighted by Gasteiger charge is -2.24. The topological polar surface area (TPSA) is 18.5 Å². The Morgan fingerprint density at radius 2 is 1.95 bits per heavy atom. The predicted octanol–water partition coefficient (Wildman–Crippen LogP) is 3.37. The Balaban J connectivity index is 2.45. The van der Waals surface area contributed by atoms with E-state index in [2.05, 4.69) is 76.3 Å². The van der Waals surface area contributed by atoms with Crippen LogP contribution < -0.4 is 5.32 Å². The van der Waals surface area contributed by atoms with Crippen molar-refractivity contribution in [3.8, 4) is 0 Å². The number of halogens is 1. The summed E-state index contributed by atoms with van der Waals surface area (Å²) >= 11 is 3.56. The van der Waals surface area contributed by atoms with Gasteiger partial charge in [0.25, 0.3) is 0 Å². The fourth-order valence-corrected chi connectivity index (χ4v) is 2.97. The molecule has 0 amide bonds. The largest absolute Gasteiger partial charge is 0.313 e. The number of hydrogen-bond donors (Lipinski definition) is 1. The molecule has 0 aromatic heterocycles. The number of benzene rings is 1. The Kier molecular flexibility index (Phi) is 9.16. The number of nitrogens with one attached hydrogen (secondary N) is 1. The number of hydrogen-bond acceptors (Lipinski definition) is 3. The van der Waals surface area contributed by atoms with Gasteiger partial charge in [-0.1, -0.05) is 35.0 Å². The summed E-state index contributed by atoms with van der Waals surface area (Å²) in [7, 11) is 6.33. The Morgan fingerprint density at radius 3 is 2.52 bits per heavy atom. The maximum Gasteiger partial charge on any atom is 0.0330 e. The van der Waals surface area contributed by atoms with Crippen molar-refractivity contribution in [2.24, 2.45) is 0 Å². The molecule has 0 spiro atoms. The lowest BCUT2D eigenvalue weighted by atomic mass is 10.0. The molecule has 3 nitrogen and oxygen atoms in total. The highest BCUT2D eigenvalue weighted by molar-refractivity contribution is 9.10. The van der Waals surface area contributed by atoms with Crippen molar-refractivity contribution in [3.05, 3.63) is 34.3 Å². The summed E-state index contributed by atoms with van der Waals surface area (Å²) in [6, 6.07) is 9.02. The summed E-state index contributed by atoms with van der Waals surface area (Å²) in [5.41, 5.74) is 1.36. The van der Waals surface area contributed by atoms with Crippen LogP contribution >= 0.6 is 15.9 Å². The molecule has 1 aromatic carbocycles. The third-order valence-electron chi connectivity index (χ3n) is 3.86. The molecule has 1 N–H and O–H groups in total. The lowest BCUT2D eigenvalue weighted by molar-refractivity contribution is 0.253. The highest BCUT2D eigenvalue weighted by Crippen LogP contribution is 2.20. The minimum absolute atomic E-state index is 0.422. The van der Waals surface area contributed by atoms with E-state index in [9.17, 15) is 0 Å². The number of nitrogens with zero attached hydrogens (tertiary/aromatic N) is 2. The van der Waals surface area contributed by atoms with Gasteiger partial charge in [0.15, 0.2) is 0 Å². The van der Waals surface area contributed by atoms with Gasteiger partial charge in [0.1, 0.15) is 0 Å². The highest BCUT2D eigenvalue weighted by atomic mass is 79.9. The maximum absolute atomic E-state index is 3.56. The quantitative estimate of drug-likeness (QED) is 0.693. The molecule has 0 heterocycles. The molecule has 0 aliphatic rings. The van der Waals surface area contributed by atoms with Gasteiger partial charge in [-0.3, -0.25) is 0 Å². The summed E-state index contributed by atoms with van der Waals surface area (Å²) in [5.74, 6) is 0.